The van der Waals surface area contributed by atoms with Crippen molar-refractivity contribution in [3.63, 3.8) is 0 Å². The maximum atomic E-state index is 11.1. The topological polar surface area (TPSA) is 54.4 Å². The van der Waals surface area contributed by atoms with Crippen LogP contribution in [-0.4, -0.2) is 26.6 Å². The van der Waals surface area contributed by atoms with Crippen molar-refractivity contribution < 1.29 is 14.7 Å². The fourth-order valence-corrected chi connectivity index (χ4v) is 1.03. The van der Waals surface area contributed by atoms with Gasteiger partial charge in [-0.3, -0.25) is 4.79 Å². The molecule has 0 saturated heterocycles. The fraction of sp³-hybridized carbons (Fsp3) is 0.667. The van der Waals surface area contributed by atoms with Crippen LogP contribution in [0, 0.1) is 0 Å². The normalized spacial score (nSPS) is 14.0. The molecule has 0 aliphatic carbocycles. The van der Waals surface area contributed by atoms with E-state index < -0.39 is 21.5 Å². The number of carboxylic acids is 1. The number of aliphatic carboxylic acids is 1. The van der Waals surface area contributed by atoms with Crippen molar-refractivity contribution in [2.24, 2.45) is 0 Å². The minimum atomic E-state index is -2.43. The number of ketones is 1. The van der Waals surface area contributed by atoms with Crippen molar-refractivity contribution in [3.8, 4) is 0 Å². The van der Waals surface area contributed by atoms with Gasteiger partial charge in [0.1, 0.15) is 0 Å². The Balaban J connectivity index is 4.57. The van der Waals surface area contributed by atoms with Gasteiger partial charge in [-0.1, -0.05) is 30.1 Å². The third-order valence-corrected chi connectivity index (χ3v) is 2.42. The Bertz CT molecular complexity index is 202. The monoisotopic (exact) mass is 232 g/mol. The largest absolute Gasteiger partial charge is 0.479 e. The first-order valence-electron chi connectivity index (χ1n) is 3.13. The molecular weight excluding hydrogens is 226 g/mol. The summed E-state index contributed by atoms with van der Waals surface area (Å²) in [7, 11) is 0. The number of halogens is 3. The van der Waals surface area contributed by atoms with Gasteiger partial charge in [0, 0.05) is 0 Å². The molecule has 3 nitrogen and oxygen atoms in total. The molecule has 1 atom stereocenters. The molecule has 0 aliphatic heterocycles. The van der Waals surface area contributed by atoms with E-state index in [0.29, 0.717) is 0 Å². The van der Waals surface area contributed by atoms with E-state index in [2.05, 4.69) is 0 Å². The molecule has 1 unspecified atom stereocenters. The highest BCUT2D eigenvalue weighted by molar-refractivity contribution is 6.69. The third kappa shape index (κ3) is 2.51. The summed E-state index contributed by atoms with van der Waals surface area (Å²) >= 11 is 15.9. The highest BCUT2D eigenvalue weighted by Gasteiger charge is 2.44. The first kappa shape index (κ1) is 12.0. The number of hydrogen-bond donors (Lipinski definition) is 1. The lowest BCUT2D eigenvalue weighted by Crippen LogP contribution is -2.40. The second kappa shape index (κ2) is 4.30. The summed E-state index contributed by atoms with van der Waals surface area (Å²) in [6.45, 7) is 1.63. The number of carbonyl (C=O) groups is 2. The summed E-state index contributed by atoms with van der Waals surface area (Å²) in [5.41, 5.74) is 0. The van der Waals surface area contributed by atoms with Gasteiger partial charge in [-0.25, -0.2) is 4.79 Å². The van der Waals surface area contributed by atoms with Crippen LogP contribution in [0.3, 0.4) is 0 Å². The first-order valence-corrected chi connectivity index (χ1v) is 4.32. The zero-order valence-corrected chi connectivity index (χ0v) is 8.45. The summed E-state index contributed by atoms with van der Waals surface area (Å²) in [5.74, 6) is -2.50. The predicted octanol–water partition coefficient (Wildman–Crippen LogP) is 1.83. The quantitative estimate of drug-likeness (QED) is 0.595. The Morgan fingerprint density at radius 2 is 1.92 bits per heavy atom. The van der Waals surface area contributed by atoms with Gasteiger partial charge in [-0.15, -0.1) is 11.6 Å². The zero-order valence-electron chi connectivity index (χ0n) is 6.18. The number of Topliss-reactive ketones (excluding diaryl/α,β-unsaturated/α-hetero) is 1. The summed E-state index contributed by atoms with van der Waals surface area (Å²) < 4.78 is -2.43. The smallest absolute Gasteiger partial charge is 0.348 e. The maximum absolute atomic E-state index is 11.1. The lowest BCUT2D eigenvalue weighted by atomic mass is 10.1. The van der Waals surface area contributed by atoms with Crippen LogP contribution in [0.5, 0.6) is 0 Å². The van der Waals surface area contributed by atoms with Crippen molar-refractivity contribution >= 4 is 46.6 Å². The van der Waals surface area contributed by atoms with Gasteiger partial charge in [0.2, 0.25) is 0 Å². The molecule has 0 saturated carbocycles. The van der Waals surface area contributed by atoms with Gasteiger partial charge in [0.05, 0.1) is 5.38 Å². The molecule has 0 spiro atoms. The molecular formula is C6H7Cl3O3. The molecule has 1 N–H and O–H groups in total. The predicted molar refractivity (Wildman–Crippen MR) is 47.0 cm³/mol. The van der Waals surface area contributed by atoms with Crippen LogP contribution >= 0.6 is 34.8 Å². The van der Waals surface area contributed by atoms with Crippen LogP contribution in [0.2, 0.25) is 0 Å². The van der Waals surface area contributed by atoms with Gasteiger partial charge in [0.25, 0.3) is 4.33 Å². The van der Waals surface area contributed by atoms with Crippen molar-refractivity contribution in [2.45, 2.75) is 23.1 Å². The Kier molecular flexibility index (Phi) is 4.31. The van der Waals surface area contributed by atoms with E-state index in [4.69, 9.17) is 39.9 Å². The molecule has 0 bridgehead atoms. The molecule has 0 amide bonds. The van der Waals surface area contributed by atoms with E-state index in [1.807, 2.05) is 0 Å². The fourth-order valence-electron chi connectivity index (χ4n) is 0.487. The first-order chi connectivity index (χ1) is 5.34. The zero-order chi connectivity index (χ0) is 9.94. The minimum Gasteiger partial charge on any atom is -0.479 e. The van der Waals surface area contributed by atoms with Crippen LogP contribution in [0.4, 0.5) is 0 Å². The Morgan fingerprint density at radius 1 is 1.50 bits per heavy atom. The Labute approximate surface area is 84.6 Å². The highest BCUT2D eigenvalue weighted by atomic mass is 35.5. The van der Waals surface area contributed by atoms with Crippen LogP contribution in [0.25, 0.3) is 0 Å². The van der Waals surface area contributed by atoms with E-state index >= 15 is 0 Å². The molecule has 6 heteroatoms. The van der Waals surface area contributed by atoms with Gasteiger partial charge in [-0.05, 0) is 6.42 Å². The molecule has 0 aliphatic rings. The second-order valence-corrected chi connectivity index (χ2v) is 3.97. The Morgan fingerprint density at radius 3 is 2.17 bits per heavy atom. The maximum Gasteiger partial charge on any atom is 0.348 e. The number of hydrogen-bond acceptors (Lipinski definition) is 2. The van der Waals surface area contributed by atoms with Crippen molar-refractivity contribution in [2.75, 3.05) is 0 Å². The lowest BCUT2D eigenvalue weighted by Gasteiger charge is -2.14. The Hall–Kier alpha value is 0.01000. The highest BCUT2D eigenvalue weighted by Crippen LogP contribution is 2.26. The van der Waals surface area contributed by atoms with Crippen molar-refractivity contribution in [1.29, 1.82) is 0 Å². The lowest BCUT2D eigenvalue weighted by molar-refractivity contribution is -0.141. The number of alkyl halides is 3. The van der Waals surface area contributed by atoms with Gasteiger partial charge in [0.15, 0.2) is 5.78 Å². The third-order valence-electron chi connectivity index (χ3n) is 1.22. The molecule has 0 fully saturated rings. The van der Waals surface area contributed by atoms with Crippen LogP contribution in [0.15, 0.2) is 0 Å². The summed E-state index contributed by atoms with van der Waals surface area (Å²) in [5, 5.41) is 7.45. The number of carbonyl (C=O) groups excluding carboxylic acids is 1. The van der Waals surface area contributed by atoms with E-state index in [0.717, 1.165) is 0 Å². The summed E-state index contributed by atoms with van der Waals surface area (Å²) in [6, 6.07) is 0. The molecule has 0 radical (unpaired) electrons. The van der Waals surface area contributed by atoms with Gasteiger partial charge < -0.3 is 5.11 Å². The van der Waals surface area contributed by atoms with Crippen molar-refractivity contribution in [3.05, 3.63) is 0 Å². The average Bonchev–Trinajstić information content (AvgIpc) is 2.01. The number of rotatable bonds is 4. The molecule has 12 heavy (non-hydrogen) atoms. The summed E-state index contributed by atoms with van der Waals surface area (Å²) in [4.78, 5) is 21.4. The molecule has 70 valence electrons. The molecule has 0 rings (SSSR count). The molecule has 0 aromatic rings. The van der Waals surface area contributed by atoms with Crippen molar-refractivity contribution in [1.82, 2.24) is 0 Å². The molecule has 0 heterocycles. The second-order valence-electron chi connectivity index (χ2n) is 2.12. The van der Waals surface area contributed by atoms with Gasteiger partial charge >= 0.3 is 5.97 Å². The summed E-state index contributed by atoms with van der Waals surface area (Å²) in [6.07, 6.45) is 0.287. The van der Waals surface area contributed by atoms with Gasteiger partial charge in [-0.2, -0.15) is 0 Å². The van der Waals surface area contributed by atoms with E-state index in [1.165, 1.54) is 0 Å². The van der Waals surface area contributed by atoms with Crippen LogP contribution in [-0.2, 0) is 9.59 Å². The SMILES string of the molecule is CCC(Cl)C(=O)C(Cl)(Cl)C(=O)O. The average molecular weight is 233 g/mol. The minimum absolute atomic E-state index is 0.287. The standard InChI is InChI=1S/C6H7Cl3O3/c1-2-3(7)4(10)6(8,9)5(11)12/h3H,2H2,1H3,(H,11,12). The van der Waals surface area contributed by atoms with Crippen LogP contribution in [0.1, 0.15) is 13.3 Å². The van der Waals surface area contributed by atoms with Crippen LogP contribution < -0.4 is 0 Å². The number of carboxylic acid groups (broad SMARTS) is 1. The molecule has 0 aromatic carbocycles. The van der Waals surface area contributed by atoms with E-state index in [-0.39, 0.29) is 6.42 Å². The van der Waals surface area contributed by atoms with E-state index in [9.17, 15) is 9.59 Å². The van der Waals surface area contributed by atoms with E-state index in [1.54, 1.807) is 6.92 Å². The molecule has 0 aromatic heterocycles.